The van der Waals surface area contributed by atoms with Crippen LogP contribution in [0.3, 0.4) is 0 Å². The molecule has 2 aliphatic rings. The first kappa shape index (κ1) is 21.5. The van der Waals surface area contributed by atoms with E-state index in [2.05, 4.69) is 15.1 Å². The number of morpholine rings is 1. The van der Waals surface area contributed by atoms with Crippen molar-refractivity contribution in [3.8, 4) is 11.3 Å². The predicted octanol–water partition coefficient (Wildman–Crippen LogP) is 4.57. The van der Waals surface area contributed by atoms with E-state index in [-0.39, 0.29) is 11.9 Å². The number of carbonyl (C=O) groups is 1. The van der Waals surface area contributed by atoms with E-state index in [9.17, 15) is 4.79 Å². The molecule has 2 aromatic carbocycles. The number of ether oxygens (including phenoxy) is 1. The molecule has 166 valence electrons. The van der Waals surface area contributed by atoms with Gasteiger partial charge in [-0.15, -0.1) is 0 Å². The fraction of sp³-hybridized carbons (Fsp3) is 0.333. The van der Waals surface area contributed by atoms with Gasteiger partial charge in [0, 0.05) is 47.4 Å². The number of aromatic nitrogens is 2. The van der Waals surface area contributed by atoms with Crippen LogP contribution in [0.25, 0.3) is 11.3 Å². The number of aryl methyl sites for hydroxylation is 1. The summed E-state index contributed by atoms with van der Waals surface area (Å²) < 4.78 is 5.46. The molecule has 1 N–H and O–H groups in total. The molecule has 1 aromatic heterocycles. The standard InChI is InChI=1S/C24H24Cl2N4O2/c1-15-2-4-16(5-3-15)21-20-22(28-27-21)24(31)30(9-8-29-10-12-32-13-11-29)23(20)18-7-6-17(25)14-19(18)26/h2-7,14,23H,8-13H2,1H3,(H,27,28). The normalized spacial score (nSPS) is 18.9. The molecule has 0 aliphatic carbocycles. The number of fused-ring (bicyclic) bond motifs is 1. The molecule has 1 atom stereocenters. The fourth-order valence-corrected chi connectivity index (χ4v) is 4.99. The van der Waals surface area contributed by atoms with Crippen molar-refractivity contribution in [2.24, 2.45) is 0 Å². The Morgan fingerprint density at radius 1 is 1.09 bits per heavy atom. The molecule has 32 heavy (non-hydrogen) atoms. The Morgan fingerprint density at radius 3 is 2.56 bits per heavy atom. The zero-order valence-corrected chi connectivity index (χ0v) is 19.3. The molecule has 2 aliphatic heterocycles. The lowest BCUT2D eigenvalue weighted by atomic mass is 9.95. The van der Waals surface area contributed by atoms with E-state index >= 15 is 0 Å². The number of carbonyl (C=O) groups excluding carboxylic acids is 1. The van der Waals surface area contributed by atoms with E-state index in [1.165, 1.54) is 5.56 Å². The molecule has 0 spiro atoms. The maximum atomic E-state index is 13.5. The molecule has 5 rings (SSSR count). The van der Waals surface area contributed by atoms with Gasteiger partial charge >= 0.3 is 0 Å². The van der Waals surface area contributed by atoms with E-state index < -0.39 is 0 Å². The summed E-state index contributed by atoms with van der Waals surface area (Å²) >= 11 is 12.8. The molecular weight excluding hydrogens is 447 g/mol. The summed E-state index contributed by atoms with van der Waals surface area (Å²) in [4.78, 5) is 17.7. The number of aromatic amines is 1. The third-order valence-corrected chi connectivity index (χ3v) is 6.77. The van der Waals surface area contributed by atoms with Crippen LogP contribution in [0.15, 0.2) is 42.5 Å². The second-order valence-corrected chi connectivity index (χ2v) is 9.09. The first-order valence-corrected chi connectivity index (χ1v) is 11.5. The SMILES string of the molecule is Cc1ccc(-c2n[nH]c3c2C(c2ccc(Cl)cc2Cl)N(CCN2CCOCC2)C3=O)cc1. The van der Waals surface area contributed by atoms with Gasteiger partial charge in [0.1, 0.15) is 5.69 Å². The second-order valence-electron chi connectivity index (χ2n) is 8.25. The molecule has 0 bridgehead atoms. The van der Waals surface area contributed by atoms with Crippen molar-refractivity contribution in [3.05, 3.63) is 74.9 Å². The Labute approximate surface area is 197 Å². The number of amides is 1. The van der Waals surface area contributed by atoms with Gasteiger partial charge < -0.3 is 9.64 Å². The van der Waals surface area contributed by atoms with Gasteiger partial charge in [-0.25, -0.2) is 0 Å². The number of benzene rings is 2. The van der Waals surface area contributed by atoms with Gasteiger partial charge in [0.2, 0.25) is 0 Å². The maximum Gasteiger partial charge on any atom is 0.273 e. The summed E-state index contributed by atoms with van der Waals surface area (Å²) in [7, 11) is 0. The number of nitrogens with zero attached hydrogens (tertiary/aromatic N) is 3. The Hall–Kier alpha value is -2.38. The van der Waals surface area contributed by atoms with Crippen LogP contribution in [0.4, 0.5) is 0 Å². The summed E-state index contributed by atoms with van der Waals surface area (Å²) in [6, 6.07) is 13.3. The van der Waals surface area contributed by atoms with Gasteiger partial charge in [0.15, 0.2) is 0 Å². The number of H-pyrrole nitrogens is 1. The van der Waals surface area contributed by atoms with Crippen LogP contribution in [0.5, 0.6) is 0 Å². The smallest absolute Gasteiger partial charge is 0.273 e. The van der Waals surface area contributed by atoms with E-state index in [1.54, 1.807) is 6.07 Å². The molecule has 6 nitrogen and oxygen atoms in total. The number of nitrogens with one attached hydrogen (secondary N) is 1. The molecule has 3 aromatic rings. The Kier molecular flexibility index (Phi) is 5.95. The first-order chi connectivity index (χ1) is 15.5. The maximum absolute atomic E-state index is 13.5. The average molecular weight is 471 g/mol. The predicted molar refractivity (Wildman–Crippen MR) is 125 cm³/mol. The number of rotatable bonds is 5. The van der Waals surface area contributed by atoms with Crippen molar-refractivity contribution in [1.29, 1.82) is 0 Å². The number of halogens is 2. The topological polar surface area (TPSA) is 61.5 Å². The molecule has 1 saturated heterocycles. The lowest BCUT2D eigenvalue weighted by molar-refractivity contribution is 0.0316. The van der Waals surface area contributed by atoms with Gasteiger partial charge in [0.05, 0.1) is 24.9 Å². The second kappa shape index (κ2) is 8.87. The summed E-state index contributed by atoms with van der Waals surface area (Å²) in [6.45, 7) is 6.59. The van der Waals surface area contributed by atoms with Gasteiger partial charge in [-0.2, -0.15) is 5.10 Å². The van der Waals surface area contributed by atoms with Crippen molar-refractivity contribution < 1.29 is 9.53 Å². The van der Waals surface area contributed by atoms with Crippen LogP contribution in [0, 0.1) is 6.92 Å². The van der Waals surface area contributed by atoms with Crippen LogP contribution in [-0.2, 0) is 4.74 Å². The summed E-state index contributed by atoms with van der Waals surface area (Å²) in [5, 5.41) is 8.63. The van der Waals surface area contributed by atoms with Crippen LogP contribution in [0.2, 0.25) is 10.0 Å². The third-order valence-electron chi connectivity index (χ3n) is 6.21. The lowest BCUT2D eigenvalue weighted by Gasteiger charge is -2.31. The van der Waals surface area contributed by atoms with Gasteiger partial charge in [-0.3, -0.25) is 14.8 Å². The fourth-order valence-electron chi connectivity index (χ4n) is 4.48. The van der Waals surface area contributed by atoms with Crippen molar-refractivity contribution in [3.63, 3.8) is 0 Å². The van der Waals surface area contributed by atoms with Gasteiger partial charge in [-0.1, -0.05) is 59.1 Å². The molecular formula is C24H24Cl2N4O2. The minimum Gasteiger partial charge on any atom is -0.379 e. The molecule has 1 fully saturated rings. The quantitative estimate of drug-likeness (QED) is 0.593. The number of hydrogen-bond acceptors (Lipinski definition) is 4. The highest BCUT2D eigenvalue weighted by Crippen LogP contribution is 2.45. The van der Waals surface area contributed by atoms with Crippen LogP contribution in [0.1, 0.15) is 33.2 Å². The van der Waals surface area contributed by atoms with E-state index in [1.807, 2.05) is 48.2 Å². The van der Waals surface area contributed by atoms with Crippen LogP contribution in [-0.4, -0.2) is 65.3 Å². The summed E-state index contributed by atoms with van der Waals surface area (Å²) in [5.41, 5.74) is 5.15. The largest absolute Gasteiger partial charge is 0.379 e. The summed E-state index contributed by atoms with van der Waals surface area (Å²) in [6.07, 6.45) is 0. The first-order valence-electron chi connectivity index (χ1n) is 10.7. The van der Waals surface area contributed by atoms with Crippen LogP contribution >= 0.6 is 23.2 Å². The zero-order chi connectivity index (χ0) is 22.2. The molecule has 8 heteroatoms. The Balaban J connectivity index is 1.56. The van der Waals surface area contributed by atoms with E-state index in [0.717, 1.165) is 55.2 Å². The molecule has 0 radical (unpaired) electrons. The van der Waals surface area contributed by atoms with Crippen molar-refractivity contribution in [2.45, 2.75) is 13.0 Å². The molecule has 0 saturated carbocycles. The molecule has 1 amide bonds. The highest BCUT2D eigenvalue weighted by molar-refractivity contribution is 6.35. The molecule has 1 unspecified atom stereocenters. The molecule has 3 heterocycles. The van der Waals surface area contributed by atoms with Gasteiger partial charge in [0.25, 0.3) is 5.91 Å². The average Bonchev–Trinajstić information content (AvgIpc) is 3.33. The lowest BCUT2D eigenvalue weighted by Crippen LogP contribution is -2.42. The van der Waals surface area contributed by atoms with Crippen LogP contribution < -0.4 is 0 Å². The minimum absolute atomic E-state index is 0.0601. The van der Waals surface area contributed by atoms with Crippen molar-refractivity contribution in [1.82, 2.24) is 20.0 Å². The highest BCUT2D eigenvalue weighted by Gasteiger charge is 2.42. The van der Waals surface area contributed by atoms with Crippen molar-refractivity contribution in [2.75, 3.05) is 39.4 Å². The Morgan fingerprint density at radius 2 is 1.84 bits per heavy atom. The third kappa shape index (κ3) is 3.92. The minimum atomic E-state index is -0.335. The van der Waals surface area contributed by atoms with Gasteiger partial charge in [-0.05, 0) is 24.6 Å². The summed E-state index contributed by atoms with van der Waals surface area (Å²) in [5.74, 6) is -0.0601. The zero-order valence-electron chi connectivity index (χ0n) is 17.8. The highest BCUT2D eigenvalue weighted by atomic mass is 35.5. The van der Waals surface area contributed by atoms with E-state index in [4.69, 9.17) is 27.9 Å². The Bertz CT molecular complexity index is 1140. The monoisotopic (exact) mass is 470 g/mol. The number of hydrogen-bond donors (Lipinski definition) is 1. The van der Waals surface area contributed by atoms with E-state index in [0.29, 0.717) is 22.3 Å². The van der Waals surface area contributed by atoms with Crippen molar-refractivity contribution >= 4 is 29.1 Å².